The molecule has 2 aromatic rings. The zero-order valence-corrected chi connectivity index (χ0v) is 12.1. The molecule has 2 heterocycles. The molecule has 7 nitrogen and oxygen atoms in total. The summed E-state index contributed by atoms with van der Waals surface area (Å²) in [7, 11) is 0. The first-order chi connectivity index (χ1) is 10.6. The number of aromatic nitrogens is 3. The van der Waals surface area contributed by atoms with E-state index in [9.17, 15) is 14.3 Å². The van der Waals surface area contributed by atoms with Gasteiger partial charge in [-0.15, -0.1) is 0 Å². The van der Waals surface area contributed by atoms with Crippen molar-refractivity contribution in [3.8, 4) is 0 Å². The molecule has 8 heteroatoms. The topological polar surface area (TPSA) is 88.8 Å². The number of halogens is 1. The normalized spacial score (nSPS) is 21.2. The summed E-state index contributed by atoms with van der Waals surface area (Å²) in [5, 5.41) is 16.6. The smallest absolute Gasteiger partial charge is 0.343 e. The number of rotatable bonds is 4. The fourth-order valence-corrected chi connectivity index (χ4v) is 2.63. The van der Waals surface area contributed by atoms with E-state index in [4.69, 9.17) is 4.74 Å². The van der Waals surface area contributed by atoms with Gasteiger partial charge in [-0.2, -0.15) is 5.10 Å². The van der Waals surface area contributed by atoms with Gasteiger partial charge in [-0.3, -0.25) is 0 Å². The fraction of sp³-hybridized carbons (Fsp3) is 0.500. The Balaban J connectivity index is 1.95. The highest BCUT2D eigenvalue weighted by Crippen LogP contribution is 2.24. The van der Waals surface area contributed by atoms with E-state index in [0.29, 0.717) is 6.42 Å². The van der Waals surface area contributed by atoms with Crippen molar-refractivity contribution in [3.05, 3.63) is 23.8 Å². The fourth-order valence-electron chi connectivity index (χ4n) is 2.63. The highest BCUT2D eigenvalue weighted by Gasteiger charge is 2.27. The molecular formula is C14H17FN4O3. The van der Waals surface area contributed by atoms with Crippen LogP contribution >= 0.6 is 0 Å². The average molecular weight is 308 g/mol. The Morgan fingerprint density at radius 2 is 2.41 bits per heavy atom. The lowest BCUT2D eigenvalue weighted by molar-refractivity contribution is 0.0528. The van der Waals surface area contributed by atoms with Gasteiger partial charge in [-0.05, 0) is 26.2 Å². The maximum atomic E-state index is 14.1. The van der Waals surface area contributed by atoms with Gasteiger partial charge in [0.2, 0.25) is 0 Å². The molecule has 1 fully saturated rings. The van der Waals surface area contributed by atoms with Gasteiger partial charge in [0, 0.05) is 0 Å². The molecule has 2 atom stereocenters. The number of nitrogens with one attached hydrogen (secondary N) is 1. The van der Waals surface area contributed by atoms with Gasteiger partial charge in [0.1, 0.15) is 5.56 Å². The van der Waals surface area contributed by atoms with Crippen LogP contribution < -0.4 is 5.32 Å². The molecule has 2 N–H and O–H groups in total. The van der Waals surface area contributed by atoms with Gasteiger partial charge >= 0.3 is 5.97 Å². The number of anilines is 1. The third-order valence-corrected chi connectivity index (χ3v) is 3.75. The lowest BCUT2D eigenvalue weighted by Gasteiger charge is -2.17. The van der Waals surface area contributed by atoms with Crippen LogP contribution in [0.3, 0.4) is 0 Å². The monoisotopic (exact) mass is 308 g/mol. The van der Waals surface area contributed by atoms with Crippen LogP contribution in [0.15, 0.2) is 12.4 Å². The number of aliphatic hydroxyl groups is 1. The van der Waals surface area contributed by atoms with Crippen molar-refractivity contribution in [2.24, 2.45) is 0 Å². The first kappa shape index (κ1) is 14.7. The van der Waals surface area contributed by atoms with Crippen molar-refractivity contribution < 1.29 is 19.0 Å². The number of ether oxygens (including phenoxy) is 1. The quantitative estimate of drug-likeness (QED) is 0.829. The summed E-state index contributed by atoms with van der Waals surface area (Å²) in [5.41, 5.74) is 0.395. The van der Waals surface area contributed by atoms with E-state index in [0.717, 1.165) is 19.0 Å². The molecule has 0 bridgehead atoms. The maximum Gasteiger partial charge on any atom is 0.343 e. The number of hydrogen-bond acceptors (Lipinski definition) is 6. The Hall–Kier alpha value is -2.22. The number of hydrogen-bond donors (Lipinski definition) is 2. The Morgan fingerprint density at radius 3 is 3.09 bits per heavy atom. The average Bonchev–Trinajstić information content (AvgIpc) is 3.06. The molecule has 0 aliphatic heterocycles. The van der Waals surface area contributed by atoms with Crippen LogP contribution in [0.1, 0.15) is 36.5 Å². The van der Waals surface area contributed by atoms with Gasteiger partial charge in [-0.25, -0.2) is 18.7 Å². The second-order valence-electron chi connectivity index (χ2n) is 5.23. The van der Waals surface area contributed by atoms with Crippen LogP contribution in [0.2, 0.25) is 0 Å². The van der Waals surface area contributed by atoms with Crippen LogP contribution in [-0.2, 0) is 4.74 Å². The largest absolute Gasteiger partial charge is 0.462 e. The Kier molecular flexibility index (Phi) is 3.93. The molecule has 0 spiro atoms. The molecule has 1 aliphatic carbocycles. The highest BCUT2D eigenvalue weighted by molar-refractivity contribution is 5.95. The van der Waals surface area contributed by atoms with E-state index in [1.807, 2.05) is 0 Å². The van der Waals surface area contributed by atoms with Crippen molar-refractivity contribution in [1.82, 2.24) is 14.6 Å². The lowest BCUT2D eigenvalue weighted by atomic mass is 10.2. The van der Waals surface area contributed by atoms with Crippen LogP contribution in [0, 0.1) is 5.82 Å². The predicted octanol–water partition coefficient (Wildman–Crippen LogP) is 1.37. The van der Waals surface area contributed by atoms with E-state index in [2.05, 4.69) is 15.4 Å². The number of fused-ring (bicyclic) bond motifs is 1. The number of carbonyl (C=O) groups is 1. The summed E-state index contributed by atoms with van der Waals surface area (Å²) in [6.45, 7) is 1.93. The van der Waals surface area contributed by atoms with E-state index in [-0.39, 0.29) is 29.7 Å². The molecule has 2 aromatic heterocycles. The second kappa shape index (κ2) is 5.88. The summed E-state index contributed by atoms with van der Waals surface area (Å²) >= 11 is 0. The summed E-state index contributed by atoms with van der Waals surface area (Å²) in [6.07, 6.45) is 4.23. The molecule has 0 radical (unpaired) electrons. The number of aliphatic hydroxyl groups excluding tert-OH is 1. The van der Waals surface area contributed by atoms with Crippen LogP contribution in [0.25, 0.3) is 5.65 Å². The molecule has 3 rings (SSSR count). The number of esters is 1. The zero-order valence-electron chi connectivity index (χ0n) is 12.1. The van der Waals surface area contributed by atoms with Gasteiger partial charge in [-0.1, -0.05) is 0 Å². The third kappa shape index (κ3) is 2.61. The highest BCUT2D eigenvalue weighted by atomic mass is 19.1. The minimum absolute atomic E-state index is 0.00417. The third-order valence-electron chi connectivity index (χ3n) is 3.75. The molecule has 22 heavy (non-hydrogen) atoms. The Bertz CT molecular complexity index is 703. The summed E-state index contributed by atoms with van der Waals surface area (Å²) in [5.74, 6) is -1.14. The number of carbonyl (C=O) groups excluding carboxylic acids is 1. The SMILES string of the molecule is CCOC(=O)c1cnn2cc(F)c(N[C@@H]3CCC[C@@H]3O)nc12. The minimum atomic E-state index is -0.592. The standard InChI is InChI=1S/C14H17FN4O3/c1-2-22-14(21)8-6-16-19-7-9(15)12(18-13(8)19)17-10-4-3-5-11(10)20/h6-7,10-11,20H,2-5H2,1H3,(H,17,18)/t10-,11+/m1/s1. The van der Waals surface area contributed by atoms with Gasteiger partial charge in [0.05, 0.1) is 31.1 Å². The van der Waals surface area contributed by atoms with E-state index < -0.39 is 17.9 Å². The lowest BCUT2D eigenvalue weighted by Crippen LogP contribution is -2.29. The van der Waals surface area contributed by atoms with Crippen molar-refractivity contribution in [1.29, 1.82) is 0 Å². The zero-order chi connectivity index (χ0) is 15.7. The molecule has 0 amide bonds. The molecule has 1 saturated carbocycles. The minimum Gasteiger partial charge on any atom is -0.462 e. The first-order valence-electron chi connectivity index (χ1n) is 7.25. The van der Waals surface area contributed by atoms with Gasteiger partial charge in [0.25, 0.3) is 0 Å². The van der Waals surface area contributed by atoms with E-state index in [1.54, 1.807) is 6.92 Å². The maximum absolute atomic E-state index is 14.1. The molecule has 0 saturated heterocycles. The molecular weight excluding hydrogens is 291 g/mol. The molecule has 0 aromatic carbocycles. The summed E-state index contributed by atoms with van der Waals surface area (Å²) in [6, 6.07) is -0.238. The van der Waals surface area contributed by atoms with Crippen LogP contribution in [0.4, 0.5) is 10.2 Å². The van der Waals surface area contributed by atoms with Gasteiger partial charge < -0.3 is 15.2 Å². The van der Waals surface area contributed by atoms with E-state index >= 15 is 0 Å². The van der Waals surface area contributed by atoms with E-state index in [1.165, 1.54) is 10.7 Å². The molecule has 0 unspecified atom stereocenters. The second-order valence-corrected chi connectivity index (χ2v) is 5.23. The Labute approximate surface area is 126 Å². The summed E-state index contributed by atoms with van der Waals surface area (Å²) < 4.78 is 20.2. The van der Waals surface area contributed by atoms with Crippen LogP contribution in [-0.4, -0.2) is 44.4 Å². The number of nitrogens with zero attached hydrogens (tertiary/aromatic N) is 3. The summed E-state index contributed by atoms with van der Waals surface area (Å²) in [4.78, 5) is 16.0. The predicted molar refractivity (Wildman–Crippen MR) is 76.2 cm³/mol. The first-order valence-corrected chi connectivity index (χ1v) is 7.25. The van der Waals surface area contributed by atoms with Crippen LogP contribution in [0.5, 0.6) is 0 Å². The molecule has 118 valence electrons. The Morgan fingerprint density at radius 1 is 1.59 bits per heavy atom. The molecule has 1 aliphatic rings. The van der Waals surface area contributed by atoms with Crippen molar-refractivity contribution >= 4 is 17.4 Å². The van der Waals surface area contributed by atoms with Crippen molar-refractivity contribution in [2.45, 2.75) is 38.3 Å². The van der Waals surface area contributed by atoms with Crippen molar-refractivity contribution in [2.75, 3.05) is 11.9 Å². The van der Waals surface area contributed by atoms with Crippen molar-refractivity contribution in [3.63, 3.8) is 0 Å². The van der Waals surface area contributed by atoms with Gasteiger partial charge in [0.15, 0.2) is 17.3 Å².